The third-order valence-electron chi connectivity index (χ3n) is 4.50. The van der Waals surface area contributed by atoms with Crippen LogP contribution in [0.5, 0.6) is 5.75 Å². The summed E-state index contributed by atoms with van der Waals surface area (Å²) in [4.78, 5) is 0. The number of ether oxygens (including phenoxy) is 1. The van der Waals surface area contributed by atoms with E-state index < -0.39 is 0 Å². The Hall–Kier alpha value is -0.803. The molecule has 0 amide bonds. The molecule has 2 fully saturated rings. The van der Waals surface area contributed by atoms with Crippen molar-refractivity contribution in [3.8, 4) is 5.75 Å². The largest absolute Gasteiger partial charge is 0.541 e. The van der Waals surface area contributed by atoms with E-state index in [0.717, 1.165) is 11.7 Å². The van der Waals surface area contributed by atoms with E-state index in [2.05, 4.69) is 32.0 Å². The fraction of sp³-hybridized carbons (Fsp3) is 0.625. The van der Waals surface area contributed by atoms with Gasteiger partial charge in [-0.05, 0) is 68.7 Å². The fourth-order valence-corrected chi connectivity index (χ4v) is 3.98. The first kappa shape index (κ1) is 13.2. The normalized spacial score (nSPS) is 28.8. The number of benzene rings is 1. The Morgan fingerprint density at radius 1 is 1.26 bits per heavy atom. The summed E-state index contributed by atoms with van der Waals surface area (Å²) in [5.74, 6) is 1.94. The van der Waals surface area contributed by atoms with Gasteiger partial charge in [-0.25, -0.2) is 0 Å². The van der Waals surface area contributed by atoms with Crippen LogP contribution < -0.4 is 4.43 Å². The van der Waals surface area contributed by atoms with E-state index in [9.17, 15) is 0 Å². The Labute approximate surface area is 118 Å². The van der Waals surface area contributed by atoms with Gasteiger partial charge in [-0.1, -0.05) is 12.1 Å². The molecule has 0 aromatic heterocycles. The number of fused-ring (bicyclic) bond motifs is 1. The van der Waals surface area contributed by atoms with Crippen molar-refractivity contribution in [2.24, 2.45) is 5.92 Å². The quantitative estimate of drug-likeness (QED) is 0.464. The average molecular weight is 274 g/mol. The topological polar surface area (TPSA) is 21.8 Å². The van der Waals surface area contributed by atoms with Crippen LogP contribution in [0, 0.1) is 19.8 Å². The highest BCUT2D eigenvalue weighted by Gasteiger charge is 2.43. The molecule has 2 radical (unpaired) electrons. The monoisotopic (exact) mass is 274 g/mol. The highest BCUT2D eigenvalue weighted by atomic mass is 28.2. The standard InChI is InChI=1S/C16H22O2Si/c1-11-4-3-5-14(12(11)2)18-19-9-8-13-6-7-15-16(10-13)17-15/h3-5,13,15-16H,6-10H2,1-2H3. The summed E-state index contributed by atoms with van der Waals surface area (Å²) >= 11 is 0. The van der Waals surface area contributed by atoms with Crippen LogP contribution in [-0.2, 0) is 4.74 Å². The first-order valence-corrected chi connectivity index (χ1v) is 8.47. The fourth-order valence-electron chi connectivity index (χ4n) is 2.98. The predicted octanol–water partition coefficient (Wildman–Crippen LogP) is 3.68. The molecule has 3 rings (SSSR count). The molecule has 102 valence electrons. The van der Waals surface area contributed by atoms with Gasteiger partial charge in [0.1, 0.15) is 5.75 Å². The van der Waals surface area contributed by atoms with Crippen molar-refractivity contribution in [2.75, 3.05) is 0 Å². The zero-order chi connectivity index (χ0) is 13.2. The van der Waals surface area contributed by atoms with Gasteiger partial charge in [0, 0.05) is 0 Å². The van der Waals surface area contributed by atoms with Crippen LogP contribution in [0.15, 0.2) is 18.2 Å². The summed E-state index contributed by atoms with van der Waals surface area (Å²) in [6.07, 6.45) is 6.48. The van der Waals surface area contributed by atoms with Crippen LogP contribution in [0.4, 0.5) is 0 Å². The molecule has 0 bridgehead atoms. The molecule has 3 unspecified atom stereocenters. The van der Waals surface area contributed by atoms with Crippen molar-refractivity contribution < 1.29 is 9.16 Å². The summed E-state index contributed by atoms with van der Waals surface area (Å²) in [5.41, 5.74) is 2.59. The molecule has 0 N–H and O–H groups in total. The summed E-state index contributed by atoms with van der Waals surface area (Å²) < 4.78 is 11.5. The molecule has 1 aromatic carbocycles. The zero-order valence-corrected chi connectivity index (χ0v) is 12.8. The van der Waals surface area contributed by atoms with Crippen molar-refractivity contribution in [3.05, 3.63) is 29.3 Å². The van der Waals surface area contributed by atoms with Crippen LogP contribution in [0.3, 0.4) is 0 Å². The maximum atomic E-state index is 5.94. The average Bonchev–Trinajstić information content (AvgIpc) is 3.18. The van der Waals surface area contributed by atoms with E-state index in [-0.39, 0.29) is 0 Å². The lowest BCUT2D eigenvalue weighted by Gasteiger charge is -2.18. The Kier molecular flexibility index (Phi) is 3.94. The molecule has 3 atom stereocenters. The molecule has 0 spiro atoms. The molecule has 1 aliphatic carbocycles. The number of epoxide rings is 1. The molecule has 3 heteroatoms. The van der Waals surface area contributed by atoms with E-state index in [0.29, 0.717) is 22.0 Å². The van der Waals surface area contributed by atoms with Crippen LogP contribution in [0.25, 0.3) is 0 Å². The van der Waals surface area contributed by atoms with Gasteiger partial charge in [-0.15, -0.1) is 0 Å². The SMILES string of the molecule is Cc1cccc(O[Si]CCC2CCC3OC3C2)c1C. The lowest BCUT2D eigenvalue weighted by atomic mass is 9.88. The summed E-state index contributed by atoms with van der Waals surface area (Å²) in [5, 5.41) is 0. The highest BCUT2D eigenvalue weighted by Crippen LogP contribution is 2.40. The minimum atomic E-state index is 0.592. The number of hydrogen-bond donors (Lipinski definition) is 0. The molecule has 1 aromatic rings. The van der Waals surface area contributed by atoms with Crippen LogP contribution in [0.2, 0.25) is 6.04 Å². The van der Waals surface area contributed by atoms with Gasteiger partial charge in [0.25, 0.3) is 0 Å². The summed E-state index contributed by atoms with van der Waals surface area (Å²) in [7, 11) is 0.592. The van der Waals surface area contributed by atoms with Crippen molar-refractivity contribution in [2.45, 2.75) is 57.8 Å². The van der Waals surface area contributed by atoms with E-state index in [4.69, 9.17) is 9.16 Å². The number of aryl methyl sites for hydroxylation is 1. The highest BCUT2D eigenvalue weighted by molar-refractivity contribution is 6.28. The predicted molar refractivity (Wildman–Crippen MR) is 77.7 cm³/mol. The second-order valence-electron chi connectivity index (χ2n) is 5.88. The van der Waals surface area contributed by atoms with Crippen LogP contribution in [-0.4, -0.2) is 22.0 Å². The molecule has 2 nitrogen and oxygen atoms in total. The maximum Gasteiger partial charge on any atom is 0.310 e. The molecular weight excluding hydrogens is 252 g/mol. The first-order valence-electron chi connectivity index (χ1n) is 7.35. The lowest BCUT2D eigenvalue weighted by Crippen LogP contribution is -2.14. The Morgan fingerprint density at radius 2 is 2.16 bits per heavy atom. The van der Waals surface area contributed by atoms with Gasteiger partial charge < -0.3 is 9.16 Å². The van der Waals surface area contributed by atoms with E-state index in [1.54, 1.807) is 0 Å². The third-order valence-corrected chi connectivity index (χ3v) is 5.36. The summed E-state index contributed by atoms with van der Waals surface area (Å²) in [6, 6.07) is 7.49. The van der Waals surface area contributed by atoms with Gasteiger partial charge >= 0.3 is 9.76 Å². The van der Waals surface area contributed by atoms with E-state index in [1.807, 2.05) is 0 Å². The second kappa shape index (κ2) is 5.67. The molecular formula is C16H22O2Si. The minimum Gasteiger partial charge on any atom is -0.541 e. The Balaban J connectivity index is 1.39. The van der Waals surface area contributed by atoms with Crippen molar-refractivity contribution in [3.63, 3.8) is 0 Å². The molecule has 1 aliphatic heterocycles. The molecule has 1 saturated carbocycles. The van der Waals surface area contributed by atoms with Gasteiger partial charge in [0.2, 0.25) is 0 Å². The molecule has 19 heavy (non-hydrogen) atoms. The second-order valence-corrected chi connectivity index (χ2v) is 6.87. The third kappa shape index (κ3) is 3.21. The van der Waals surface area contributed by atoms with Crippen molar-refractivity contribution in [1.29, 1.82) is 0 Å². The molecule has 1 saturated heterocycles. The number of hydrogen-bond acceptors (Lipinski definition) is 2. The van der Waals surface area contributed by atoms with Crippen LogP contribution in [0.1, 0.15) is 36.8 Å². The van der Waals surface area contributed by atoms with Gasteiger partial charge in [0.15, 0.2) is 0 Å². The first-order chi connectivity index (χ1) is 9.24. The minimum absolute atomic E-state index is 0.592. The number of rotatable bonds is 5. The maximum absolute atomic E-state index is 5.94. The van der Waals surface area contributed by atoms with Crippen LogP contribution >= 0.6 is 0 Å². The molecule has 1 heterocycles. The lowest BCUT2D eigenvalue weighted by molar-refractivity contribution is 0.356. The summed E-state index contributed by atoms with van der Waals surface area (Å²) in [6.45, 7) is 4.28. The zero-order valence-electron chi connectivity index (χ0n) is 11.8. The van der Waals surface area contributed by atoms with Gasteiger partial charge in [-0.3, -0.25) is 0 Å². The van der Waals surface area contributed by atoms with Gasteiger partial charge in [0.05, 0.1) is 12.2 Å². The van der Waals surface area contributed by atoms with E-state index >= 15 is 0 Å². The molecule has 2 aliphatic rings. The van der Waals surface area contributed by atoms with Crippen molar-refractivity contribution >= 4 is 9.76 Å². The Bertz CT molecular complexity index is 446. The van der Waals surface area contributed by atoms with Crippen molar-refractivity contribution in [1.82, 2.24) is 0 Å². The smallest absolute Gasteiger partial charge is 0.310 e. The van der Waals surface area contributed by atoms with E-state index in [1.165, 1.54) is 42.9 Å². The Morgan fingerprint density at radius 3 is 3.00 bits per heavy atom. The van der Waals surface area contributed by atoms with Gasteiger partial charge in [-0.2, -0.15) is 0 Å².